The molecule has 3 aromatic rings. The lowest BCUT2D eigenvalue weighted by molar-refractivity contribution is 0.249. The van der Waals surface area contributed by atoms with Gasteiger partial charge < -0.3 is 20.4 Å². The molecular weight excluding hydrogens is 508 g/mol. The van der Waals surface area contributed by atoms with Crippen molar-refractivity contribution in [1.82, 2.24) is 19.4 Å². The molecule has 3 heterocycles. The molecule has 1 fully saturated rings. The number of halogens is 1. The van der Waals surface area contributed by atoms with Gasteiger partial charge in [-0.2, -0.15) is 10.2 Å². The van der Waals surface area contributed by atoms with Crippen molar-refractivity contribution in [3.05, 3.63) is 63.6 Å². The molecule has 0 amide bonds. The molecule has 10 heteroatoms. The zero-order valence-corrected chi connectivity index (χ0v) is 21.7. The van der Waals surface area contributed by atoms with Gasteiger partial charge in [-0.25, -0.2) is 4.98 Å². The van der Waals surface area contributed by atoms with E-state index in [1.54, 1.807) is 31.5 Å². The largest absolute Gasteiger partial charge is 0.371 e. The topological polar surface area (TPSA) is 102 Å². The van der Waals surface area contributed by atoms with E-state index in [-0.39, 0.29) is 5.56 Å². The fourth-order valence-electron chi connectivity index (χ4n) is 4.14. The van der Waals surface area contributed by atoms with Gasteiger partial charge in [-0.3, -0.25) is 9.36 Å². The first-order valence-electron chi connectivity index (χ1n) is 11.5. The van der Waals surface area contributed by atoms with Crippen LogP contribution in [0.4, 0.5) is 28.8 Å². The summed E-state index contributed by atoms with van der Waals surface area (Å²) in [5, 5.41) is 15.5. The third-order valence-corrected chi connectivity index (χ3v) is 6.84. The summed E-state index contributed by atoms with van der Waals surface area (Å²) in [4.78, 5) is 26.3. The summed E-state index contributed by atoms with van der Waals surface area (Å²) in [5.74, 6) is 0.847. The predicted octanol–water partition coefficient (Wildman–Crippen LogP) is 4.50. The fourth-order valence-corrected chi connectivity index (χ4v) is 4.43. The van der Waals surface area contributed by atoms with Crippen molar-refractivity contribution in [3.8, 4) is 6.07 Å². The van der Waals surface area contributed by atoms with Gasteiger partial charge in [-0.05, 0) is 86.2 Å². The van der Waals surface area contributed by atoms with E-state index >= 15 is 0 Å². The Morgan fingerprint density at radius 1 is 1.17 bits per heavy atom. The molecule has 1 aliphatic rings. The van der Waals surface area contributed by atoms with Gasteiger partial charge in [0.15, 0.2) is 5.82 Å². The van der Waals surface area contributed by atoms with E-state index in [0.717, 1.165) is 31.6 Å². The maximum atomic E-state index is 12.7. The molecule has 1 aromatic carbocycles. The van der Waals surface area contributed by atoms with Crippen molar-refractivity contribution in [1.29, 1.82) is 5.26 Å². The highest BCUT2D eigenvalue weighted by Crippen LogP contribution is 2.26. The highest BCUT2D eigenvalue weighted by molar-refractivity contribution is 9.10. The van der Waals surface area contributed by atoms with Crippen molar-refractivity contribution in [2.24, 2.45) is 0 Å². The van der Waals surface area contributed by atoms with Crippen LogP contribution in [0.1, 0.15) is 25.8 Å². The number of pyridine rings is 1. The van der Waals surface area contributed by atoms with Gasteiger partial charge in [0.05, 0.1) is 10.5 Å². The number of nitrogens with zero attached hydrogens (tertiary/aromatic N) is 6. The predicted molar refractivity (Wildman–Crippen MR) is 143 cm³/mol. The summed E-state index contributed by atoms with van der Waals surface area (Å²) in [7, 11) is 4.30. The third kappa shape index (κ3) is 5.81. The van der Waals surface area contributed by atoms with Crippen LogP contribution in [0.25, 0.3) is 0 Å². The number of hydrogen-bond donors (Lipinski definition) is 2. The third-order valence-electron chi connectivity index (χ3n) is 6.26. The summed E-state index contributed by atoms with van der Waals surface area (Å²) in [5.41, 5.74) is 2.10. The van der Waals surface area contributed by atoms with Crippen LogP contribution in [0.5, 0.6) is 0 Å². The van der Waals surface area contributed by atoms with Crippen LogP contribution in [0.2, 0.25) is 0 Å². The van der Waals surface area contributed by atoms with E-state index in [0.29, 0.717) is 28.0 Å². The van der Waals surface area contributed by atoms with Crippen molar-refractivity contribution in [3.63, 3.8) is 0 Å². The molecule has 35 heavy (non-hydrogen) atoms. The van der Waals surface area contributed by atoms with E-state index in [1.807, 2.05) is 12.1 Å². The van der Waals surface area contributed by atoms with Gasteiger partial charge in [-0.15, -0.1) is 0 Å². The Bertz CT molecular complexity index is 1260. The average molecular weight is 537 g/mol. The number of nitrogens with one attached hydrogen (secondary N) is 2. The van der Waals surface area contributed by atoms with Gasteiger partial charge in [0, 0.05) is 42.9 Å². The van der Waals surface area contributed by atoms with Crippen LogP contribution in [-0.2, 0) is 0 Å². The molecule has 1 aliphatic heterocycles. The molecule has 4 rings (SSSR count). The van der Waals surface area contributed by atoms with Crippen LogP contribution in [0, 0.1) is 11.3 Å². The Morgan fingerprint density at radius 2 is 1.89 bits per heavy atom. The van der Waals surface area contributed by atoms with Crippen LogP contribution < -0.4 is 21.1 Å². The van der Waals surface area contributed by atoms with E-state index in [4.69, 9.17) is 5.26 Å². The van der Waals surface area contributed by atoms with E-state index in [1.165, 1.54) is 10.3 Å². The fraction of sp³-hybridized carbons (Fsp3) is 0.360. The van der Waals surface area contributed by atoms with Crippen LogP contribution in [0.3, 0.4) is 0 Å². The molecule has 0 bridgehead atoms. The molecule has 0 radical (unpaired) electrons. The number of rotatable bonds is 7. The van der Waals surface area contributed by atoms with Gasteiger partial charge in [0.25, 0.3) is 5.56 Å². The minimum Gasteiger partial charge on any atom is -0.371 e. The second-order valence-corrected chi connectivity index (χ2v) is 9.66. The quantitative estimate of drug-likeness (QED) is 0.454. The summed E-state index contributed by atoms with van der Waals surface area (Å²) in [6.07, 6.45) is 5.55. The summed E-state index contributed by atoms with van der Waals surface area (Å²) in [6, 6.07) is 13.8. The lowest BCUT2D eigenvalue weighted by Crippen LogP contribution is -2.41. The molecule has 0 aliphatic carbocycles. The number of nitriles is 1. The zero-order valence-electron chi connectivity index (χ0n) is 20.1. The molecule has 0 spiro atoms. The zero-order chi connectivity index (χ0) is 24.9. The van der Waals surface area contributed by atoms with Gasteiger partial charge >= 0.3 is 0 Å². The number of benzene rings is 1. The first kappa shape index (κ1) is 24.7. The maximum Gasteiger partial charge on any atom is 0.275 e. The summed E-state index contributed by atoms with van der Waals surface area (Å²) < 4.78 is 1.99. The van der Waals surface area contributed by atoms with E-state index in [9.17, 15) is 4.79 Å². The number of aromatic nitrogens is 3. The van der Waals surface area contributed by atoms with E-state index < -0.39 is 6.04 Å². The minimum absolute atomic E-state index is 0.299. The van der Waals surface area contributed by atoms with Crippen molar-refractivity contribution in [2.75, 3.05) is 42.7 Å². The second kappa shape index (κ2) is 10.9. The lowest BCUT2D eigenvalue weighted by atomic mass is 10.0. The van der Waals surface area contributed by atoms with Crippen LogP contribution in [0.15, 0.2) is 58.1 Å². The van der Waals surface area contributed by atoms with Crippen molar-refractivity contribution < 1.29 is 0 Å². The van der Waals surface area contributed by atoms with Gasteiger partial charge in [0.2, 0.25) is 5.95 Å². The van der Waals surface area contributed by atoms with Crippen LogP contribution in [-0.4, -0.2) is 52.7 Å². The first-order valence-corrected chi connectivity index (χ1v) is 12.3. The number of hydrogen-bond acceptors (Lipinski definition) is 8. The Hall–Kier alpha value is -3.42. The molecule has 2 aromatic heterocycles. The average Bonchev–Trinajstić information content (AvgIpc) is 2.87. The van der Waals surface area contributed by atoms with Crippen LogP contribution >= 0.6 is 15.9 Å². The van der Waals surface area contributed by atoms with E-state index in [2.05, 4.69) is 78.6 Å². The van der Waals surface area contributed by atoms with Gasteiger partial charge in [0.1, 0.15) is 11.7 Å². The highest BCUT2D eigenvalue weighted by Gasteiger charge is 2.20. The molecule has 0 saturated carbocycles. The second-order valence-electron chi connectivity index (χ2n) is 8.81. The number of piperidine rings is 1. The monoisotopic (exact) mass is 536 g/mol. The molecule has 1 atom stereocenters. The molecule has 1 saturated heterocycles. The van der Waals surface area contributed by atoms with Gasteiger partial charge in [-0.1, -0.05) is 0 Å². The minimum atomic E-state index is -0.572. The smallest absolute Gasteiger partial charge is 0.275 e. The van der Waals surface area contributed by atoms with Crippen molar-refractivity contribution in [2.45, 2.75) is 31.8 Å². The Morgan fingerprint density at radius 3 is 2.54 bits per heavy atom. The molecule has 9 nitrogen and oxygen atoms in total. The standard InChI is InChI=1S/C25H29BrN8O/c1-17(15-27)34-12-4-5-22(24(34)35)30-23-21(26)16-28-25(31-23)29-18-6-8-20(9-7-18)33-13-10-19(11-14-33)32(2)3/h4-9,12,16-17,19H,10-11,13-14H2,1-3H3,(H2,28,29,30,31). The lowest BCUT2D eigenvalue weighted by Gasteiger charge is -2.36. The molecule has 1 unspecified atom stereocenters. The first-order chi connectivity index (χ1) is 16.9. The number of anilines is 5. The summed E-state index contributed by atoms with van der Waals surface area (Å²) in [6.45, 7) is 3.77. The summed E-state index contributed by atoms with van der Waals surface area (Å²) >= 11 is 3.44. The molecule has 182 valence electrons. The van der Waals surface area contributed by atoms with Crippen molar-refractivity contribution >= 4 is 44.8 Å². The SMILES string of the molecule is CC(C#N)n1cccc(Nc2nc(Nc3ccc(N4CCC(N(C)C)CC4)cc3)ncc2Br)c1=O. The molecule has 2 N–H and O–H groups in total. The highest BCUT2D eigenvalue weighted by atomic mass is 79.9. The Labute approximate surface area is 213 Å². The molecular formula is C25H29BrN8O. The Balaban J connectivity index is 1.45. The maximum absolute atomic E-state index is 12.7. The normalized spacial score (nSPS) is 15.0. The Kier molecular flexibility index (Phi) is 7.68.